The molecule has 1 unspecified atom stereocenters. The number of aliphatic hydroxyl groups excluding tert-OH is 1. The summed E-state index contributed by atoms with van der Waals surface area (Å²) in [4.78, 5) is 17.0. The van der Waals surface area contributed by atoms with Gasteiger partial charge in [-0.15, -0.1) is 0 Å². The standard InChI is InChI=1S/C25H28N2O5/c1-3-17-4-7-19(26-14-17)15-31-21-10-11-27(25(29)13-21)20-8-9-23(24(12-20)30-2)32-16-22(28)18-5-6-18/h4,7-14,18,22,28H,3,5-6,15-16H2,1-2H3. The molecule has 0 bridgehead atoms. The van der Waals surface area contributed by atoms with Crippen LogP contribution in [0.3, 0.4) is 0 Å². The second-order valence-electron chi connectivity index (χ2n) is 7.92. The zero-order valence-electron chi connectivity index (χ0n) is 18.4. The van der Waals surface area contributed by atoms with E-state index in [9.17, 15) is 9.90 Å². The Morgan fingerprint density at radius 2 is 1.97 bits per heavy atom. The molecule has 0 aliphatic heterocycles. The molecule has 1 N–H and O–H groups in total. The van der Waals surface area contributed by atoms with Crippen LogP contribution in [0.4, 0.5) is 0 Å². The van der Waals surface area contributed by atoms with E-state index in [2.05, 4.69) is 11.9 Å². The van der Waals surface area contributed by atoms with E-state index in [4.69, 9.17) is 14.2 Å². The second kappa shape index (κ2) is 9.87. The van der Waals surface area contributed by atoms with Crippen molar-refractivity contribution in [2.45, 2.75) is 38.9 Å². The lowest BCUT2D eigenvalue weighted by Crippen LogP contribution is -2.20. The van der Waals surface area contributed by atoms with Crippen LogP contribution in [-0.4, -0.2) is 34.5 Å². The number of ether oxygens (including phenoxy) is 3. The van der Waals surface area contributed by atoms with Crippen molar-refractivity contribution in [2.24, 2.45) is 5.92 Å². The van der Waals surface area contributed by atoms with Gasteiger partial charge < -0.3 is 19.3 Å². The number of benzene rings is 1. The molecule has 1 atom stereocenters. The lowest BCUT2D eigenvalue weighted by molar-refractivity contribution is 0.0880. The Hall–Kier alpha value is -3.32. The Labute approximate surface area is 187 Å². The van der Waals surface area contributed by atoms with Gasteiger partial charge in [-0.2, -0.15) is 0 Å². The van der Waals surface area contributed by atoms with Gasteiger partial charge in [-0.05, 0) is 55.0 Å². The van der Waals surface area contributed by atoms with Gasteiger partial charge in [0.25, 0.3) is 5.56 Å². The maximum absolute atomic E-state index is 12.7. The summed E-state index contributed by atoms with van der Waals surface area (Å²) in [5.74, 6) is 1.85. The minimum absolute atomic E-state index is 0.225. The van der Waals surface area contributed by atoms with Crippen LogP contribution in [0, 0.1) is 5.92 Å². The Kier molecular flexibility index (Phi) is 6.75. The van der Waals surface area contributed by atoms with E-state index < -0.39 is 6.10 Å². The molecule has 3 aromatic rings. The van der Waals surface area contributed by atoms with Gasteiger partial charge in [0.1, 0.15) is 19.0 Å². The van der Waals surface area contributed by atoms with Gasteiger partial charge in [-0.3, -0.25) is 14.3 Å². The molecule has 7 heteroatoms. The van der Waals surface area contributed by atoms with Crippen LogP contribution >= 0.6 is 0 Å². The summed E-state index contributed by atoms with van der Waals surface area (Å²) in [7, 11) is 1.55. The van der Waals surface area contributed by atoms with Crippen molar-refractivity contribution in [3.8, 4) is 22.9 Å². The Morgan fingerprint density at radius 1 is 1.12 bits per heavy atom. The third kappa shape index (κ3) is 5.29. The van der Waals surface area contributed by atoms with E-state index in [0.29, 0.717) is 35.5 Å². The molecular formula is C25H28N2O5. The highest BCUT2D eigenvalue weighted by molar-refractivity contribution is 5.49. The van der Waals surface area contributed by atoms with Crippen molar-refractivity contribution in [3.63, 3.8) is 0 Å². The van der Waals surface area contributed by atoms with Crippen molar-refractivity contribution < 1.29 is 19.3 Å². The molecule has 7 nitrogen and oxygen atoms in total. The first-order chi connectivity index (χ1) is 15.6. The van der Waals surface area contributed by atoms with Crippen LogP contribution < -0.4 is 19.8 Å². The number of aryl methyl sites for hydroxylation is 1. The topological polar surface area (TPSA) is 82.8 Å². The third-order valence-electron chi connectivity index (χ3n) is 5.57. The summed E-state index contributed by atoms with van der Waals surface area (Å²) >= 11 is 0. The second-order valence-corrected chi connectivity index (χ2v) is 7.92. The van der Waals surface area contributed by atoms with Crippen LogP contribution in [0.15, 0.2) is 59.7 Å². The first-order valence-electron chi connectivity index (χ1n) is 10.9. The van der Waals surface area contributed by atoms with Crippen LogP contribution in [-0.2, 0) is 13.0 Å². The van der Waals surface area contributed by atoms with Crippen molar-refractivity contribution in [1.29, 1.82) is 0 Å². The Balaban J connectivity index is 1.43. The lowest BCUT2D eigenvalue weighted by Gasteiger charge is -2.15. The maximum Gasteiger partial charge on any atom is 0.258 e. The summed E-state index contributed by atoms with van der Waals surface area (Å²) in [6, 6.07) is 12.4. The fourth-order valence-electron chi connectivity index (χ4n) is 3.39. The highest BCUT2D eigenvalue weighted by atomic mass is 16.5. The highest BCUT2D eigenvalue weighted by Gasteiger charge is 2.30. The number of hydrogen-bond donors (Lipinski definition) is 1. The first kappa shape index (κ1) is 21.9. The number of nitrogens with zero attached hydrogens (tertiary/aromatic N) is 2. The van der Waals surface area contributed by atoms with Gasteiger partial charge in [0.2, 0.25) is 0 Å². The monoisotopic (exact) mass is 436 g/mol. The fraction of sp³-hybridized carbons (Fsp3) is 0.360. The third-order valence-corrected chi connectivity index (χ3v) is 5.57. The summed E-state index contributed by atoms with van der Waals surface area (Å²) in [6.45, 7) is 2.60. The van der Waals surface area contributed by atoms with E-state index >= 15 is 0 Å². The molecule has 1 fully saturated rings. The quantitative estimate of drug-likeness (QED) is 0.524. The van der Waals surface area contributed by atoms with Gasteiger partial charge >= 0.3 is 0 Å². The normalized spacial score (nSPS) is 14.1. The summed E-state index contributed by atoms with van der Waals surface area (Å²) in [5.41, 5.74) is 2.39. The molecule has 0 amide bonds. The summed E-state index contributed by atoms with van der Waals surface area (Å²) in [6.07, 6.45) is 6.07. The summed E-state index contributed by atoms with van der Waals surface area (Å²) in [5, 5.41) is 10.0. The SMILES string of the molecule is CCc1ccc(COc2ccn(-c3ccc(OCC(O)C4CC4)c(OC)c3)c(=O)c2)nc1. The number of hydrogen-bond acceptors (Lipinski definition) is 6. The van der Waals surface area contributed by atoms with Crippen LogP contribution in [0.25, 0.3) is 5.69 Å². The lowest BCUT2D eigenvalue weighted by atomic mass is 10.2. The molecule has 0 radical (unpaired) electrons. The number of aromatic nitrogens is 2. The molecule has 1 aliphatic carbocycles. The molecular weight excluding hydrogens is 408 g/mol. The minimum Gasteiger partial charge on any atom is -0.493 e. The summed E-state index contributed by atoms with van der Waals surface area (Å²) < 4.78 is 18.4. The van der Waals surface area contributed by atoms with Crippen molar-refractivity contribution in [1.82, 2.24) is 9.55 Å². The molecule has 32 heavy (non-hydrogen) atoms. The van der Waals surface area contributed by atoms with Gasteiger partial charge in [-0.25, -0.2) is 0 Å². The largest absolute Gasteiger partial charge is 0.493 e. The van der Waals surface area contributed by atoms with E-state index in [0.717, 1.165) is 25.0 Å². The molecule has 0 spiro atoms. The Morgan fingerprint density at radius 3 is 2.62 bits per heavy atom. The van der Waals surface area contributed by atoms with Crippen molar-refractivity contribution in [2.75, 3.05) is 13.7 Å². The molecule has 2 heterocycles. The average Bonchev–Trinajstić information content (AvgIpc) is 3.67. The predicted octanol–water partition coefficient (Wildman–Crippen LogP) is 3.53. The number of rotatable bonds is 10. The van der Waals surface area contributed by atoms with E-state index in [1.165, 1.54) is 16.2 Å². The fourth-order valence-corrected chi connectivity index (χ4v) is 3.39. The van der Waals surface area contributed by atoms with Crippen LogP contribution in [0.5, 0.6) is 17.2 Å². The molecule has 2 aromatic heterocycles. The molecule has 1 aliphatic rings. The maximum atomic E-state index is 12.7. The minimum atomic E-state index is -0.464. The number of methoxy groups -OCH3 is 1. The molecule has 0 saturated heterocycles. The Bertz CT molecular complexity index is 1110. The van der Waals surface area contributed by atoms with Gasteiger partial charge in [0.05, 0.1) is 24.6 Å². The van der Waals surface area contributed by atoms with E-state index in [1.54, 1.807) is 37.6 Å². The smallest absolute Gasteiger partial charge is 0.258 e. The molecule has 4 rings (SSSR count). The van der Waals surface area contributed by atoms with Crippen molar-refractivity contribution >= 4 is 0 Å². The first-order valence-corrected chi connectivity index (χ1v) is 10.9. The number of aliphatic hydroxyl groups is 1. The zero-order valence-corrected chi connectivity index (χ0v) is 18.4. The molecule has 1 aromatic carbocycles. The van der Waals surface area contributed by atoms with E-state index in [-0.39, 0.29) is 12.2 Å². The zero-order chi connectivity index (χ0) is 22.5. The van der Waals surface area contributed by atoms with E-state index in [1.807, 2.05) is 18.3 Å². The van der Waals surface area contributed by atoms with Crippen LogP contribution in [0.2, 0.25) is 0 Å². The molecule has 1 saturated carbocycles. The van der Waals surface area contributed by atoms with Gasteiger partial charge in [0.15, 0.2) is 11.5 Å². The van der Waals surface area contributed by atoms with Gasteiger partial charge in [-0.1, -0.05) is 13.0 Å². The van der Waals surface area contributed by atoms with Crippen LogP contribution in [0.1, 0.15) is 31.0 Å². The van der Waals surface area contributed by atoms with Crippen molar-refractivity contribution in [3.05, 3.63) is 76.5 Å². The predicted molar refractivity (Wildman–Crippen MR) is 121 cm³/mol. The average molecular weight is 437 g/mol. The number of pyridine rings is 2. The molecule has 168 valence electrons. The van der Waals surface area contributed by atoms with Gasteiger partial charge in [0, 0.05) is 24.5 Å². The highest BCUT2D eigenvalue weighted by Crippen LogP contribution is 2.34.